The van der Waals surface area contributed by atoms with Gasteiger partial charge in [-0.2, -0.15) is 0 Å². The average Bonchev–Trinajstić information content (AvgIpc) is 2.40. The molecule has 0 spiro atoms. The van der Waals surface area contributed by atoms with Gasteiger partial charge in [-0.3, -0.25) is 4.79 Å². The van der Waals surface area contributed by atoms with E-state index >= 15 is 0 Å². The van der Waals surface area contributed by atoms with E-state index in [1.54, 1.807) is 0 Å². The third-order valence-corrected chi connectivity index (χ3v) is 3.96. The van der Waals surface area contributed by atoms with Crippen LogP contribution in [0.5, 0.6) is 0 Å². The van der Waals surface area contributed by atoms with Crippen LogP contribution in [0.25, 0.3) is 0 Å². The molecule has 1 amide bonds. The summed E-state index contributed by atoms with van der Waals surface area (Å²) < 4.78 is 5.74. The Labute approximate surface area is 131 Å². The van der Waals surface area contributed by atoms with Gasteiger partial charge in [0, 0.05) is 30.7 Å². The number of nitrogens with zero attached hydrogens (tertiary/aromatic N) is 1. The zero-order chi connectivity index (χ0) is 15.5. The number of carbonyl (C=O) groups is 1. The van der Waals surface area contributed by atoms with E-state index in [-0.39, 0.29) is 24.2 Å². The van der Waals surface area contributed by atoms with Crippen molar-refractivity contribution in [1.29, 1.82) is 0 Å². The van der Waals surface area contributed by atoms with Crippen LogP contribution in [0.15, 0.2) is 24.3 Å². The smallest absolute Gasteiger partial charge is 0.249 e. The van der Waals surface area contributed by atoms with Crippen molar-refractivity contribution in [2.24, 2.45) is 0 Å². The Morgan fingerprint density at radius 2 is 2.19 bits per heavy atom. The number of hydrogen-bond acceptors (Lipinski definition) is 3. The van der Waals surface area contributed by atoms with Gasteiger partial charge in [-0.15, -0.1) is 0 Å². The van der Waals surface area contributed by atoms with Crippen LogP contribution in [-0.2, 0) is 16.1 Å². The second-order valence-corrected chi connectivity index (χ2v) is 6.52. The molecule has 1 fully saturated rings. The summed E-state index contributed by atoms with van der Waals surface area (Å²) in [6.45, 7) is 8.32. The minimum atomic E-state index is -0.200. The predicted molar refractivity (Wildman–Crippen MR) is 84.4 cm³/mol. The van der Waals surface area contributed by atoms with Crippen LogP contribution in [0.4, 0.5) is 0 Å². The predicted octanol–water partition coefficient (Wildman–Crippen LogP) is 2.46. The second-order valence-electron chi connectivity index (χ2n) is 6.09. The SMILES string of the molecule is CC(C)N(Cc1cccc(Cl)c1)C(=O)COC1(C)CNC1. The Morgan fingerprint density at radius 1 is 1.48 bits per heavy atom. The molecule has 4 nitrogen and oxygen atoms in total. The van der Waals surface area contributed by atoms with Crippen LogP contribution in [0.2, 0.25) is 5.02 Å². The summed E-state index contributed by atoms with van der Waals surface area (Å²) in [5.41, 5.74) is 0.829. The first kappa shape index (κ1) is 16.3. The van der Waals surface area contributed by atoms with E-state index in [1.807, 2.05) is 49.9 Å². The molecule has 5 heteroatoms. The first-order valence-electron chi connectivity index (χ1n) is 7.28. The first-order chi connectivity index (χ1) is 9.89. The molecule has 1 aliphatic rings. The lowest BCUT2D eigenvalue weighted by Gasteiger charge is -2.39. The van der Waals surface area contributed by atoms with Crippen molar-refractivity contribution in [3.63, 3.8) is 0 Å². The molecule has 0 bridgehead atoms. The molecule has 116 valence electrons. The minimum absolute atomic E-state index is 0.0121. The fourth-order valence-electron chi connectivity index (χ4n) is 2.29. The zero-order valence-corrected chi connectivity index (χ0v) is 13.6. The molecule has 0 radical (unpaired) electrons. The summed E-state index contributed by atoms with van der Waals surface area (Å²) in [4.78, 5) is 14.2. The van der Waals surface area contributed by atoms with Gasteiger partial charge in [0.25, 0.3) is 0 Å². The molecule has 1 aromatic carbocycles. The lowest BCUT2D eigenvalue weighted by atomic mass is 10.0. The monoisotopic (exact) mass is 310 g/mol. The molecule has 1 aliphatic heterocycles. The topological polar surface area (TPSA) is 41.6 Å². The maximum absolute atomic E-state index is 12.4. The zero-order valence-electron chi connectivity index (χ0n) is 12.9. The molecule has 0 atom stereocenters. The van der Waals surface area contributed by atoms with E-state index in [0.717, 1.165) is 18.7 Å². The summed E-state index contributed by atoms with van der Waals surface area (Å²) in [5, 5.41) is 3.85. The van der Waals surface area contributed by atoms with Gasteiger partial charge in [-0.05, 0) is 38.5 Å². The van der Waals surface area contributed by atoms with Gasteiger partial charge < -0.3 is 15.0 Å². The van der Waals surface area contributed by atoms with Crippen LogP contribution >= 0.6 is 11.6 Å². The second kappa shape index (κ2) is 6.77. The van der Waals surface area contributed by atoms with Crippen molar-refractivity contribution in [2.75, 3.05) is 19.7 Å². The summed E-state index contributed by atoms with van der Waals surface area (Å²) in [7, 11) is 0. The van der Waals surface area contributed by atoms with Crippen molar-refractivity contribution >= 4 is 17.5 Å². The molecular formula is C16H23ClN2O2. The summed E-state index contributed by atoms with van der Waals surface area (Å²) in [5.74, 6) is 0.0121. The van der Waals surface area contributed by atoms with Crippen molar-refractivity contribution in [3.8, 4) is 0 Å². The normalized spacial score (nSPS) is 16.6. The molecule has 0 aromatic heterocycles. The maximum Gasteiger partial charge on any atom is 0.249 e. The standard InChI is InChI=1S/C16H23ClN2O2/c1-12(2)19(8-13-5-4-6-14(17)7-13)15(20)9-21-16(3)10-18-11-16/h4-7,12,18H,8-11H2,1-3H3. The molecular weight excluding hydrogens is 288 g/mol. The summed E-state index contributed by atoms with van der Waals surface area (Å²) in [6.07, 6.45) is 0. The fraction of sp³-hybridized carbons (Fsp3) is 0.562. The van der Waals surface area contributed by atoms with E-state index in [0.29, 0.717) is 11.6 Å². The fourth-order valence-corrected chi connectivity index (χ4v) is 2.50. The van der Waals surface area contributed by atoms with Crippen LogP contribution in [0, 0.1) is 0 Å². The van der Waals surface area contributed by atoms with Gasteiger partial charge >= 0.3 is 0 Å². The van der Waals surface area contributed by atoms with E-state index in [2.05, 4.69) is 5.32 Å². The number of nitrogens with one attached hydrogen (secondary N) is 1. The van der Waals surface area contributed by atoms with E-state index < -0.39 is 0 Å². The Balaban J connectivity index is 1.96. The van der Waals surface area contributed by atoms with Gasteiger partial charge in [-0.25, -0.2) is 0 Å². The van der Waals surface area contributed by atoms with Gasteiger partial charge in [0.15, 0.2) is 0 Å². The van der Waals surface area contributed by atoms with Crippen molar-refractivity contribution in [2.45, 2.75) is 39.0 Å². The number of amides is 1. The van der Waals surface area contributed by atoms with Crippen LogP contribution in [0.1, 0.15) is 26.3 Å². The van der Waals surface area contributed by atoms with Gasteiger partial charge in [0.05, 0.1) is 5.60 Å². The van der Waals surface area contributed by atoms with Crippen LogP contribution in [-0.4, -0.2) is 42.1 Å². The third-order valence-electron chi connectivity index (χ3n) is 3.73. The highest BCUT2D eigenvalue weighted by Gasteiger charge is 2.33. The lowest BCUT2D eigenvalue weighted by molar-refractivity contribution is -0.148. The highest BCUT2D eigenvalue weighted by molar-refractivity contribution is 6.30. The summed E-state index contributed by atoms with van der Waals surface area (Å²) >= 11 is 6.00. The largest absolute Gasteiger partial charge is 0.363 e. The molecule has 0 aliphatic carbocycles. The number of halogens is 1. The van der Waals surface area contributed by atoms with Crippen molar-refractivity contribution < 1.29 is 9.53 Å². The van der Waals surface area contributed by atoms with Crippen molar-refractivity contribution in [1.82, 2.24) is 10.2 Å². The van der Waals surface area contributed by atoms with Gasteiger partial charge in [-0.1, -0.05) is 23.7 Å². The first-order valence-corrected chi connectivity index (χ1v) is 7.66. The Hall–Kier alpha value is -1.10. The number of hydrogen-bond donors (Lipinski definition) is 1. The average molecular weight is 311 g/mol. The van der Waals surface area contributed by atoms with Crippen LogP contribution < -0.4 is 5.32 Å². The maximum atomic E-state index is 12.4. The number of benzene rings is 1. The quantitative estimate of drug-likeness (QED) is 0.877. The minimum Gasteiger partial charge on any atom is -0.363 e. The molecule has 0 saturated carbocycles. The summed E-state index contributed by atoms with van der Waals surface area (Å²) in [6, 6.07) is 7.72. The Morgan fingerprint density at radius 3 is 2.71 bits per heavy atom. The van der Waals surface area contributed by atoms with Gasteiger partial charge in [0.2, 0.25) is 5.91 Å². The molecule has 1 heterocycles. The lowest BCUT2D eigenvalue weighted by Crippen LogP contribution is -2.59. The van der Waals surface area contributed by atoms with Crippen molar-refractivity contribution in [3.05, 3.63) is 34.9 Å². The van der Waals surface area contributed by atoms with E-state index in [9.17, 15) is 4.79 Å². The molecule has 21 heavy (non-hydrogen) atoms. The molecule has 0 unspecified atom stereocenters. The molecule has 1 saturated heterocycles. The van der Waals surface area contributed by atoms with Gasteiger partial charge in [0.1, 0.15) is 6.61 Å². The highest BCUT2D eigenvalue weighted by Crippen LogP contribution is 2.17. The Kier molecular flexibility index (Phi) is 5.25. The molecule has 2 rings (SSSR count). The third kappa shape index (κ3) is 4.43. The number of ether oxygens (including phenoxy) is 1. The molecule has 1 N–H and O–H groups in total. The highest BCUT2D eigenvalue weighted by atomic mass is 35.5. The number of carbonyl (C=O) groups excluding carboxylic acids is 1. The van der Waals surface area contributed by atoms with Crippen LogP contribution in [0.3, 0.4) is 0 Å². The van der Waals surface area contributed by atoms with E-state index in [1.165, 1.54) is 0 Å². The number of rotatable bonds is 6. The van der Waals surface area contributed by atoms with E-state index in [4.69, 9.17) is 16.3 Å². The molecule has 1 aromatic rings. The Bertz CT molecular complexity index is 501.